The van der Waals surface area contributed by atoms with E-state index < -0.39 is 0 Å². The molecule has 3 atom stereocenters. The number of aliphatic imine (C=N–C) groups is 1. The van der Waals surface area contributed by atoms with E-state index in [-0.39, 0.29) is 0 Å². The molecule has 0 aromatic rings. The topological polar surface area (TPSA) is 30.9 Å². The zero-order valence-electron chi connectivity index (χ0n) is 14.7. The van der Waals surface area contributed by atoms with Crippen molar-refractivity contribution in [3.05, 3.63) is 0 Å². The van der Waals surface area contributed by atoms with Gasteiger partial charge in [-0.05, 0) is 64.5 Å². The first-order chi connectivity index (χ1) is 10.7. The molecule has 126 valence electrons. The van der Waals surface area contributed by atoms with Crippen LogP contribution in [0.4, 0.5) is 0 Å². The first kappa shape index (κ1) is 16.1. The number of fused-ring (bicyclic) bond motifs is 1. The molecule has 2 saturated carbocycles. The van der Waals surface area contributed by atoms with E-state index in [0.717, 1.165) is 30.8 Å². The van der Waals surface area contributed by atoms with Gasteiger partial charge in [0.2, 0.25) is 0 Å². The smallest absolute Gasteiger partial charge is 0.193 e. The van der Waals surface area contributed by atoms with E-state index in [4.69, 9.17) is 4.99 Å². The average molecular weight is 306 g/mol. The average Bonchev–Trinajstić information content (AvgIpc) is 3.23. The van der Waals surface area contributed by atoms with Crippen molar-refractivity contribution in [2.24, 2.45) is 22.7 Å². The Balaban J connectivity index is 1.62. The second-order valence-corrected chi connectivity index (χ2v) is 7.77. The summed E-state index contributed by atoms with van der Waals surface area (Å²) in [5, 5.41) is 3.55. The van der Waals surface area contributed by atoms with Gasteiger partial charge in [-0.25, -0.2) is 0 Å². The second-order valence-electron chi connectivity index (χ2n) is 7.77. The Morgan fingerprint density at radius 1 is 1.14 bits per heavy atom. The molecule has 0 amide bonds. The number of guanidine groups is 1. The fraction of sp³-hybridized carbons (Fsp3) is 0.944. The van der Waals surface area contributed by atoms with Crippen LogP contribution in [-0.4, -0.2) is 62.1 Å². The Kier molecular flexibility index (Phi) is 5.27. The van der Waals surface area contributed by atoms with Gasteiger partial charge in [0.1, 0.15) is 0 Å². The van der Waals surface area contributed by atoms with Crippen molar-refractivity contribution < 1.29 is 0 Å². The molecule has 2 aliphatic carbocycles. The van der Waals surface area contributed by atoms with Gasteiger partial charge in [0, 0.05) is 25.7 Å². The third kappa shape index (κ3) is 3.76. The van der Waals surface area contributed by atoms with Gasteiger partial charge < -0.3 is 15.1 Å². The molecule has 3 rings (SSSR count). The highest BCUT2D eigenvalue weighted by Crippen LogP contribution is 2.36. The third-order valence-electron chi connectivity index (χ3n) is 5.87. The summed E-state index contributed by atoms with van der Waals surface area (Å²) in [5.41, 5.74) is 0. The van der Waals surface area contributed by atoms with Crippen molar-refractivity contribution in [3.63, 3.8) is 0 Å². The summed E-state index contributed by atoms with van der Waals surface area (Å²) in [5.74, 6) is 3.89. The zero-order valence-corrected chi connectivity index (χ0v) is 14.7. The largest absolute Gasteiger partial charge is 0.357 e. The Hall–Kier alpha value is -0.770. The summed E-state index contributed by atoms with van der Waals surface area (Å²) in [7, 11) is 4.41. The molecule has 0 aromatic heterocycles. The molecule has 1 N–H and O–H groups in total. The van der Waals surface area contributed by atoms with Crippen LogP contribution in [0.2, 0.25) is 0 Å². The molecule has 3 aliphatic rings. The summed E-state index contributed by atoms with van der Waals surface area (Å²) in [6, 6.07) is 0.624. The maximum atomic E-state index is 5.03. The molecule has 1 saturated heterocycles. The second kappa shape index (κ2) is 7.20. The predicted molar refractivity (Wildman–Crippen MR) is 93.2 cm³/mol. The summed E-state index contributed by atoms with van der Waals surface area (Å²) >= 11 is 0. The first-order valence-corrected chi connectivity index (χ1v) is 9.38. The first-order valence-electron chi connectivity index (χ1n) is 9.38. The van der Waals surface area contributed by atoms with Crippen molar-refractivity contribution in [2.75, 3.05) is 40.3 Å². The number of likely N-dealkylation sites (tertiary alicyclic amines) is 1. The van der Waals surface area contributed by atoms with Crippen molar-refractivity contribution in [1.29, 1.82) is 0 Å². The molecule has 3 unspecified atom stereocenters. The van der Waals surface area contributed by atoms with E-state index in [2.05, 4.69) is 36.1 Å². The lowest BCUT2D eigenvalue weighted by molar-refractivity contribution is 0.270. The fourth-order valence-corrected chi connectivity index (χ4v) is 4.40. The minimum atomic E-state index is 0.624. The highest BCUT2D eigenvalue weighted by atomic mass is 15.3. The lowest BCUT2D eigenvalue weighted by Gasteiger charge is -2.25. The third-order valence-corrected chi connectivity index (χ3v) is 5.87. The molecular formula is C18H34N4. The lowest BCUT2D eigenvalue weighted by Crippen LogP contribution is -2.42. The zero-order chi connectivity index (χ0) is 15.5. The SMILES string of the molecule is CCNC(=NCC(C1CC1)N(C)C)N1CC2CCCCC2C1. The van der Waals surface area contributed by atoms with Crippen molar-refractivity contribution in [2.45, 2.75) is 51.5 Å². The van der Waals surface area contributed by atoms with Gasteiger partial charge in [0.15, 0.2) is 5.96 Å². The quantitative estimate of drug-likeness (QED) is 0.625. The van der Waals surface area contributed by atoms with Crippen LogP contribution in [0.1, 0.15) is 45.4 Å². The molecule has 3 fully saturated rings. The number of likely N-dealkylation sites (N-methyl/N-ethyl adjacent to an activating group) is 1. The molecule has 1 aliphatic heterocycles. The van der Waals surface area contributed by atoms with Crippen molar-refractivity contribution in [1.82, 2.24) is 15.1 Å². The Labute approximate surface area is 136 Å². The summed E-state index contributed by atoms with van der Waals surface area (Å²) in [4.78, 5) is 9.94. The lowest BCUT2D eigenvalue weighted by atomic mass is 9.82. The van der Waals surface area contributed by atoms with Crippen LogP contribution >= 0.6 is 0 Å². The van der Waals surface area contributed by atoms with Gasteiger partial charge in [-0.2, -0.15) is 0 Å². The van der Waals surface area contributed by atoms with E-state index >= 15 is 0 Å². The van der Waals surface area contributed by atoms with E-state index in [0.29, 0.717) is 6.04 Å². The number of hydrogen-bond donors (Lipinski definition) is 1. The summed E-state index contributed by atoms with van der Waals surface area (Å²) in [6.45, 7) is 6.56. The molecule has 1 heterocycles. The van der Waals surface area contributed by atoms with E-state index in [1.54, 1.807) is 0 Å². The number of hydrogen-bond acceptors (Lipinski definition) is 2. The molecule has 0 radical (unpaired) electrons. The van der Waals surface area contributed by atoms with Crippen molar-refractivity contribution >= 4 is 5.96 Å². The Bertz CT molecular complexity index is 373. The summed E-state index contributed by atoms with van der Waals surface area (Å²) < 4.78 is 0. The maximum absolute atomic E-state index is 5.03. The highest BCUT2D eigenvalue weighted by Gasteiger charge is 2.36. The predicted octanol–water partition coefficient (Wildman–Crippen LogP) is 2.41. The van der Waals surface area contributed by atoms with Gasteiger partial charge >= 0.3 is 0 Å². The van der Waals surface area contributed by atoms with Crippen molar-refractivity contribution in [3.8, 4) is 0 Å². The summed E-state index contributed by atoms with van der Waals surface area (Å²) in [6.07, 6.45) is 8.53. The molecule has 4 nitrogen and oxygen atoms in total. The van der Waals surface area contributed by atoms with Gasteiger partial charge in [0.25, 0.3) is 0 Å². The Morgan fingerprint density at radius 3 is 2.27 bits per heavy atom. The normalized spacial score (nSPS) is 30.5. The van der Waals surface area contributed by atoms with Crippen LogP contribution < -0.4 is 5.32 Å². The number of rotatable bonds is 5. The van der Waals surface area contributed by atoms with Gasteiger partial charge in [0.05, 0.1) is 6.54 Å². The highest BCUT2D eigenvalue weighted by molar-refractivity contribution is 5.80. The van der Waals surface area contributed by atoms with E-state index in [9.17, 15) is 0 Å². The van der Waals surface area contributed by atoms with Crippen LogP contribution in [0.3, 0.4) is 0 Å². The molecule has 4 heteroatoms. The van der Waals surface area contributed by atoms with Gasteiger partial charge in [-0.3, -0.25) is 4.99 Å². The van der Waals surface area contributed by atoms with E-state index in [1.807, 2.05) is 0 Å². The number of nitrogens with one attached hydrogen (secondary N) is 1. The molecule has 22 heavy (non-hydrogen) atoms. The Morgan fingerprint density at radius 2 is 1.77 bits per heavy atom. The standard InChI is InChI=1S/C18H34N4/c1-4-19-18(20-11-17(21(2)3)14-9-10-14)22-12-15-7-5-6-8-16(15)13-22/h14-17H,4-13H2,1-3H3,(H,19,20). The van der Waals surface area contributed by atoms with Gasteiger partial charge in [-0.15, -0.1) is 0 Å². The van der Waals surface area contributed by atoms with Crippen LogP contribution in [0.5, 0.6) is 0 Å². The van der Waals surface area contributed by atoms with Crippen LogP contribution in [0, 0.1) is 17.8 Å². The maximum Gasteiger partial charge on any atom is 0.193 e. The fourth-order valence-electron chi connectivity index (χ4n) is 4.40. The van der Waals surface area contributed by atoms with E-state index in [1.165, 1.54) is 57.6 Å². The molecular weight excluding hydrogens is 272 g/mol. The minimum Gasteiger partial charge on any atom is -0.357 e. The molecule has 0 spiro atoms. The molecule has 0 bridgehead atoms. The van der Waals surface area contributed by atoms with Crippen LogP contribution in [0.15, 0.2) is 4.99 Å². The number of nitrogens with zero attached hydrogens (tertiary/aromatic N) is 3. The van der Waals surface area contributed by atoms with Crippen LogP contribution in [-0.2, 0) is 0 Å². The minimum absolute atomic E-state index is 0.624. The van der Waals surface area contributed by atoms with Gasteiger partial charge in [-0.1, -0.05) is 12.8 Å². The molecule has 0 aromatic carbocycles. The monoisotopic (exact) mass is 306 g/mol. The van der Waals surface area contributed by atoms with Crippen LogP contribution in [0.25, 0.3) is 0 Å².